The van der Waals surface area contributed by atoms with Gasteiger partial charge in [-0.2, -0.15) is 10.4 Å². The number of amides is 1. The van der Waals surface area contributed by atoms with Crippen molar-refractivity contribution in [3.63, 3.8) is 0 Å². The minimum Gasteiger partial charge on any atom is -0.450 e. The number of nitriles is 1. The fourth-order valence-electron chi connectivity index (χ4n) is 4.64. The molecule has 4 heterocycles. The van der Waals surface area contributed by atoms with E-state index >= 15 is 0 Å². The molecular formula is C21H21N7O3. The molecule has 2 atom stereocenters. The lowest BCUT2D eigenvalue weighted by Crippen LogP contribution is -2.42. The Bertz CT molecular complexity index is 1180. The first-order chi connectivity index (χ1) is 15.2. The number of aromatic amines is 1. The molecule has 5 rings (SSSR count). The van der Waals surface area contributed by atoms with Gasteiger partial charge in [0.05, 0.1) is 24.8 Å². The van der Waals surface area contributed by atoms with Gasteiger partial charge >= 0.3 is 6.09 Å². The van der Waals surface area contributed by atoms with Crippen LogP contribution >= 0.6 is 0 Å². The van der Waals surface area contributed by atoms with E-state index in [9.17, 15) is 10.1 Å². The Labute approximate surface area is 177 Å². The van der Waals surface area contributed by atoms with Crippen LogP contribution in [-0.4, -0.2) is 56.9 Å². The molecule has 0 bridgehead atoms. The molecule has 0 aliphatic carbocycles. The Balaban J connectivity index is 1.50. The second kappa shape index (κ2) is 7.83. The predicted octanol–water partition coefficient (Wildman–Crippen LogP) is 3.17. The highest BCUT2D eigenvalue weighted by Crippen LogP contribution is 2.45. The maximum Gasteiger partial charge on any atom is 0.409 e. The van der Waals surface area contributed by atoms with Gasteiger partial charge in [-0.3, -0.25) is 5.10 Å². The third-order valence-corrected chi connectivity index (χ3v) is 6.11. The molecule has 158 valence electrons. The van der Waals surface area contributed by atoms with Crippen LogP contribution in [0.2, 0.25) is 0 Å². The smallest absolute Gasteiger partial charge is 0.409 e. The van der Waals surface area contributed by atoms with Crippen molar-refractivity contribution in [3.8, 4) is 6.07 Å². The summed E-state index contributed by atoms with van der Waals surface area (Å²) in [5, 5.41) is 25.4. The van der Waals surface area contributed by atoms with E-state index in [1.807, 2.05) is 18.2 Å². The molecule has 0 saturated carbocycles. The fourth-order valence-corrected chi connectivity index (χ4v) is 4.64. The second-order valence-corrected chi connectivity index (χ2v) is 7.73. The van der Waals surface area contributed by atoms with Crippen LogP contribution in [-0.2, 0) is 4.74 Å². The van der Waals surface area contributed by atoms with Gasteiger partial charge in [-0.1, -0.05) is 12.1 Å². The van der Waals surface area contributed by atoms with Gasteiger partial charge in [-0.05, 0) is 41.7 Å². The van der Waals surface area contributed by atoms with Gasteiger partial charge in [0.1, 0.15) is 11.0 Å². The first-order valence-electron chi connectivity index (χ1n) is 10.4. The van der Waals surface area contributed by atoms with Crippen LogP contribution in [0.25, 0.3) is 11.0 Å². The number of aliphatic imine (C=N–C) groups is 1. The van der Waals surface area contributed by atoms with Crippen LogP contribution in [0, 0.1) is 23.2 Å². The summed E-state index contributed by atoms with van der Waals surface area (Å²) in [6.07, 6.45) is 2.88. The van der Waals surface area contributed by atoms with Gasteiger partial charge in [-0.15, -0.1) is 0 Å². The molecule has 2 aliphatic rings. The van der Waals surface area contributed by atoms with Gasteiger partial charge in [0, 0.05) is 36.2 Å². The molecule has 1 aromatic carbocycles. The van der Waals surface area contributed by atoms with E-state index in [0.29, 0.717) is 36.5 Å². The molecule has 1 amide bonds. The van der Waals surface area contributed by atoms with Crippen molar-refractivity contribution < 1.29 is 14.2 Å². The van der Waals surface area contributed by atoms with Crippen molar-refractivity contribution in [2.24, 2.45) is 16.8 Å². The number of benzene rings is 1. The number of likely N-dealkylation sites (tertiary alicyclic amines) is 1. The number of fused-ring (bicyclic) bond motifs is 2. The van der Waals surface area contributed by atoms with Crippen LogP contribution in [0.5, 0.6) is 0 Å². The molecule has 1 fully saturated rings. The number of carbonyl (C=O) groups is 1. The minimum absolute atomic E-state index is 0.0870. The van der Waals surface area contributed by atoms with E-state index in [1.54, 1.807) is 18.0 Å². The number of aromatic nitrogens is 4. The zero-order valence-corrected chi connectivity index (χ0v) is 17.0. The van der Waals surface area contributed by atoms with E-state index in [2.05, 4.69) is 26.6 Å². The highest BCUT2D eigenvalue weighted by molar-refractivity contribution is 5.97. The third kappa shape index (κ3) is 3.22. The number of piperidine rings is 1. The van der Waals surface area contributed by atoms with E-state index in [-0.39, 0.29) is 17.9 Å². The topological polar surface area (TPSA) is 133 Å². The predicted molar refractivity (Wildman–Crippen MR) is 110 cm³/mol. The van der Waals surface area contributed by atoms with Gasteiger partial charge in [0.15, 0.2) is 5.82 Å². The zero-order chi connectivity index (χ0) is 21.4. The molecular weight excluding hydrogens is 398 g/mol. The molecule has 1 saturated heterocycles. The fraction of sp³-hybridized carbons (Fsp3) is 0.429. The van der Waals surface area contributed by atoms with E-state index in [4.69, 9.17) is 14.4 Å². The summed E-state index contributed by atoms with van der Waals surface area (Å²) < 4.78 is 10.1. The molecule has 0 spiro atoms. The summed E-state index contributed by atoms with van der Waals surface area (Å²) in [6, 6.07) is 8.15. The Hall–Kier alpha value is -3.74. The summed E-state index contributed by atoms with van der Waals surface area (Å²) >= 11 is 0. The summed E-state index contributed by atoms with van der Waals surface area (Å²) in [5.74, 6) is -0.0202. The largest absolute Gasteiger partial charge is 0.450 e. The summed E-state index contributed by atoms with van der Waals surface area (Å²) in [5.41, 5.74) is 3.82. The zero-order valence-electron chi connectivity index (χ0n) is 17.0. The highest BCUT2D eigenvalue weighted by atomic mass is 16.6. The lowest BCUT2D eigenvalue weighted by atomic mass is 9.73. The SMILES string of the molecule is CCOC(=O)N1CCC(C2=Nc3[nH]ncc3C(c3cccc4nonc34)C2C#N)CC1. The first kappa shape index (κ1) is 19.2. The van der Waals surface area contributed by atoms with Gasteiger partial charge < -0.3 is 9.64 Å². The summed E-state index contributed by atoms with van der Waals surface area (Å²) in [7, 11) is 0. The molecule has 3 aromatic rings. The molecule has 31 heavy (non-hydrogen) atoms. The van der Waals surface area contributed by atoms with Gasteiger partial charge in [-0.25, -0.2) is 14.4 Å². The molecule has 10 heteroatoms. The van der Waals surface area contributed by atoms with Crippen LogP contribution in [0.1, 0.15) is 36.8 Å². The number of nitrogens with one attached hydrogen (secondary N) is 1. The van der Waals surface area contributed by atoms with Gasteiger partial charge in [0.2, 0.25) is 0 Å². The number of rotatable bonds is 3. The number of H-pyrrole nitrogens is 1. The van der Waals surface area contributed by atoms with Crippen molar-refractivity contribution in [2.45, 2.75) is 25.7 Å². The van der Waals surface area contributed by atoms with Crippen LogP contribution in [0.4, 0.5) is 10.6 Å². The van der Waals surface area contributed by atoms with Crippen molar-refractivity contribution in [3.05, 3.63) is 35.5 Å². The van der Waals surface area contributed by atoms with Crippen molar-refractivity contribution >= 4 is 28.7 Å². The van der Waals surface area contributed by atoms with Crippen LogP contribution in [0.15, 0.2) is 34.0 Å². The van der Waals surface area contributed by atoms with Crippen molar-refractivity contribution in [2.75, 3.05) is 19.7 Å². The monoisotopic (exact) mass is 419 g/mol. The molecule has 2 unspecified atom stereocenters. The van der Waals surface area contributed by atoms with Crippen molar-refractivity contribution in [1.82, 2.24) is 25.4 Å². The molecule has 2 aliphatic heterocycles. The quantitative estimate of drug-likeness (QED) is 0.689. The van der Waals surface area contributed by atoms with E-state index in [0.717, 1.165) is 29.7 Å². The molecule has 1 N–H and O–H groups in total. The van der Waals surface area contributed by atoms with Crippen LogP contribution < -0.4 is 0 Å². The Morgan fingerprint density at radius 1 is 1.32 bits per heavy atom. The summed E-state index contributed by atoms with van der Waals surface area (Å²) in [4.78, 5) is 18.6. The number of hydrogen-bond donors (Lipinski definition) is 1. The summed E-state index contributed by atoms with van der Waals surface area (Å²) in [6.45, 7) is 3.30. The Kier molecular flexibility index (Phi) is 4.86. The van der Waals surface area contributed by atoms with Crippen LogP contribution in [0.3, 0.4) is 0 Å². The molecule has 2 aromatic heterocycles. The van der Waals surface area contributed by atoms with Crippen molar-refractivity contribution in [1.29, 1.82) is 5.26 Å². The second-order valence-electron chi connectivity index (χ2n) is 7.73. The standard InChI is InChI=1S/C21H21N7O3/c1-2-30-21(29)28-8-6-12(7-9-28)18-14(10-22)17(15-11-23-25-20(15)24-18)13-4-3-5-16-19(13)27-31-26-16/h3-5,11-12,14,17H,2,6-9H2,1H3,(H,23,25). The third-order valence-electron chi connectivity index (χ3n) is 6.11. The Morgan fingerprint density at radius 3 is 2.94 bits per heavy atom. The lowest BCUT2D eigenvalue weighted by Gasteiger charge is -2.36. The average molecular weight is 419 g/mol. The Morgan fingerprint density at radius 2 is 2.16 bits per heavy atom. The minimum atomic E-state index is -0.480. The van der Waals surface area contributed by atoms with Gasteiger partial charge in [0.25, 0.3) is 0 Å². The number of ether oxygens (including phenoxy) is 1. The normalized spacial score (nSPS) is 21.4. The molecule has 10 nitrogen and oxygen atoms in total. The highest BCUT2D eigenvalue weighted by Gasteiger charge is 2.41. The number of hydrogen-bond acceptors (Lipinski definition) is 8. The maximum absolute atomic E-state index is 12.1. The first-order valence-corrected chi connectivity index (χ1v) is 10.4. The average Bonchev–Trinajstić information content (AvgIpc) is 3.47. The number of nitrogens with zero attached hydrogens (tertiary/aromatic N) is 6. The van der Waals surface area contributed by atoms with E-state index in [1.165, 1.54) is 0 Å². The lowest BCUT2D eigenvalue weighted by molar-refractivity contribution is 0.0962. The van der Waals surface area contributed by atoms with E-state index < -0.39 is 5.92 Å². The maximum atomic E-state index is 12.1. The molecule has 0 radical (unpaired) electrons. The number of carbonyl (C=O) groups excluding carboxylic acids is 1.